The highest BCUT2D eigenvalue weighted by Crippen LogP contribution is 2.31. The zero-order valence-electron chi connectivity index (χ0n) is 20.8. The molecule has 4 aromatic rings. The lowest BCUT2D eigenvalue weighted by Crippen LogP contribution is -2.29. The van der Waals surface area contributed by atoms with Crippen LogP contribution in [0.2, 0.25) is 0 Å². The van der Waals surface area contributed by atoms with Gasteiger partial charge in [0.1, 0.15) is 16.9 Å². The van der Waals surface area contributed by atoms with Crippen LogP contribution in [0.4, 0.5) is 11.8 Å². The van der Waals surface area contributed by atoms with Gasteiger partial charge in [-0.25, -0.2) is 14.5 Å². The van der Waals surface area contributed by atoms with E-state index in [1.54, 1.807) is 4.52 Å². The van der Waals surface area contributed by atoms with Gasteiger partial charge in [0.2, 0.25) is 5.95 Å². The summed E-state index contributed by atoms with van der Waals surface area (Å²) in [5.41, 5.74) is 9.90. The van der Waals surface area contributed by atoms with E-state index in [0.717, 1.165) is 53.0 Å². The quantitative estimate of drug-likeness (QED) is 0.399. The van der Waals surface area contributed by atoms with E-state index in [2.05, 4.69) is 45.7 Å². The fourth-order valence-corrected chi connectivity index (χ4v) is 4.84. The normalized spacial score (nSPS) is 15.5. The van der Waals surface area contributed by atoms with Crippen molar-refractivity contribution < 1.29 is 5.11 Å². The van der Waals surface area contributed by atoms with E-state index in [4.69, 9.17) is 10.7 Å². The van der Waals surface area contributed by atoms with Crippen molar-refractivity contribution >= 4 is 28.4 Å². The van der Waals surface area contributed by atoms with Crippen molar-refractivity contribution in [2.24, 2.45) is 0 Å². The minimum absolute atomic E-state index is 0.218. The van der Waals surface area contributed by atoms with Crippen LogP contribution in [0.5, 0.6) is 0 Å². The zero-order valence-corrected chi connectivity index (χ0v) is 20.8. The van der Waals surface area contributed by atoms with Crippen molar-refractivity contribution in [1.29, 1.82) is 0 Å². The lowest BCUT2D eigenvalue weighted by atomic mass is 9.83. The number of nitrogens with two attached hydrogens (primary N) is 1. The monoisotopic (exact) mass is 464 g/mol. The van der Waals surface area contributed by atoms with Crippen LogP contribution >= 0.6 is 0 Å². The molecule has 1 aliphatic rings. The molecule has 9 heteroatoms. The number of imidazole rings is 1. The van der Waals surface area contributed by atoms with Crippen LogP contribution in [0.3, 0.4) is 0 Å². The summed E-state index contributed by atoms with van der Waals surface area (Å²) in [6.45, 7) is 8.34. The topological polar surface area (TPSA) is 119 Å². The van der Waals surface area contributed by atoms with Crippen molar-refractivity contribution in [3.63, 3.8) is 0 Å². The van der Waals surface area contributed by atoms with Gasteiger partial charge in [-0.2, -0.15) is 4.98 Å². The smallest absolute Gasteiger partial charge is 0.240 e. The molecule has 4 N–H and O–H groups in total. The summed E-state index contributed by atoms with van der Waals surface area (Å²) in [6.07, 6.45) is 8.64. The Morgan fingerprint density at radius 1 is 1.12 bits per heavy atom. The van der Waals surface area contributed by atoms with Crippen molar-refractivity contribution in [2.75, 3.05) is 18.1 Å². The molecular formula is C25H36N8O. The zero-order chi connectivity index (χ0) is 24.5. The summed E-state index contributed by atoms with van der Waals surface area (Å²) < 4.78 is 3.87. The second-order valence-corrected chi connectivity index (χ2v) is 9.39. The number of hydrogen-bond donors (Lipinski definition) is 3. The van der Waals surface area contributed by atoms with Crippen molar-refractivity contribution in [3.8, 4) is 11.3 Å². The van der Waals surface area contributed by atoms with Gasteiger partial charge in [0, 0.05) is 24.8 Å². The van der Waals surface area contributed by atoms with Crippen LogP contribution in [0.1, 0.15) is 71.2 Å². The number of anilines is 2. The van der Waals surface area contributed by atoms with E-state index in [-0.39, 0.29) is 17.6 Å². The third-order valence-electron chi connectivity index (χ3n) is 6.71. The Bertz CT molecular complexity index is 1280. The molecule has 4 aromatic heterocycles. The molecule has 34 heavy (non-hydrogen) atoms. The number of aryl methyl sites for hydroxylation is 1. The fraction of sp³-hybridized carbons (Fsp3) is 0.520. The van der Waals surface area contributed by atoms with Crippen LogP contribution in [-0.4, -0.2) is 46.9 Å². The van der Waals surface area contributed by atoms with E-state index in [9.17, 15) is 5.11 Å². The van der Waals surface area contributed by atoms with Crippen molar-refractivity contribution in [3.05, 3.63) is 30.2 Å². The molecule has 1 fully saturated rings. The number of nitrogens with zero attached hydrogens (tertiary/aromatic N) is 6. The van der Waals surface area contributed by atoms with Crippen LogP contribution < -0.4 is 11.1 Å². The predicted molar refractivity (Wildman–Crippen MR) is 137 cm³/mol. The summed E-state index contributed by atoms with van der Waals surface area (Å²) >= 11 is 0. The van der Waals surface area contributed by atoms with Gasteiger partial charge in [-0.1, -0.05) is 26.2 Å². The van der Waals surface area contributed by atoms with Gasteiger partial charge in [0.25, 0.3) is 0 Å². The number of hydrogen-bond acceptors (Lipinski definition) is 7. The van der Waals surface area contributed by atoms with Gasteiger partial charge < -0.3 is 20.7 Å². The molecule has 0 aromatic carbocycles. The molecule has 0 unspecified atom stereocenters. The Morgan fingerprint density at radius 3 is 2.47 bits per heavy atom. The van der Waals surface area contributed by atoms with Crippen LogP contribution in [0, 0.1) is 6.92 Å². The maximum absolute atomic E-state index is 9.68. The first kappa shape index (κ1) is 23.9. The third kappa shape index (κ3) is 4.57. The van der Waals surface area contributed by atoms with Gasteiger partial charge in [-0.05, 0) is 58.2 Å². The molecular weight excluding hydrogens is 428 g/mol. The van der Waals surface area contributed by atoms with Crippen molar-refractivity contribution in [2.45, 2.75) is 77.9 Å². The number of aromatic nitrogens is 6. The Morgan fingerprint density at radius 2 is 1.85 bits per heavy atom. The Labute approximate surface area is 200 Å². The van der Waals surface area contributed by atoms with E-state index in [1.165, 1.54) is 19.3 Å². The number of fused-ring (bicyclic) bond motifs is 2. The Hall–Kier alpha value is -3.20. The number of nitrogens with one attached hydrogen (secondary N) is 1. The van der Waals surface area contributed by atoms with Gasteiger partial charge in [-0.15, -0.1) is 5.10 Å². The van der Waals surface area contributed by atoms with Gasteiger partial charge >= 0.3 is 0 Å². The molecule has 0 spiro atoms. The molecule has 0 amide bonds. The molecule has 182 valence electrons. The van der Waals surface area contributed by atoms with Crippen LogP contribution in [0.15, 0.2) is 24.4 Å². The highest BCUT2D eigenvalue weighted by Gasteiger charge is 2.26. The van der Waals surface area contributed by atoms with E-state index in [0.29, 0.717) is 5.82 Å². The lowest BCUT2D eigenvalue weighted by Gasteiger charge is -2.30. The molecule has 0 radical (unpaired) electrons. The molecule has 0 saturated heterocycles. The molecule has 5 rings (SSSR count). The summed E-state index contributed by atoms with van der Waals surface area (Å²) in [4.78, 5) is 13.8. The molecule has 0 bridgehead atoms. The average Bonchev–Trinajstić information content (AvgIpc) is 3.39. The number of rotatable bonds is 4. The Balaban J connectivity index is 0.000000257. The summed E-state index contributed by atoms with van der Waals surface area (Å²) in [7, 11) is 1.81. The Kier molecular flexibility index (Phi) is 6.74. The number of aliphatic hydroxyl groups is 1. The van der Waals surface area contributed by atoms with Gasteiger partial charge in [0.15, 0.2) is 11.5 Å². The highest BCUT2D eigenvalue weighted by molar-refractivity contribution is 5.89. The standard InChI is InChI=1S/C17H20N8.C8H16O/c1-9(2)25-10(3)20-13-6-5-12(21-16(13)25)11-7-8-24-14(11)15(19-4)22-17(18)23-24;1-2-8(9)6-4-3-5-7-8/h5-9H,1-4H3,(H3,18,19,22,23);9H,2-7H2,1H3. The average molecular weight is 465 g/mol. The second kappa shape index (κ2) is 9.58. The SMILES string of the molecule is CCC1(O)CCCCC1.CNc1nc(N)nn2ccc(-c3ccc4nc(C)n(C(C)C)c4n3)c12. The predicted octanol–water partition coefficient (Wildman–Crippen LogP) is 4.75. The van der Waals surface area contributed by atoms with Crippen LogP contribution in [-0.2, 0) is 0 Å². The third-order valence-corrected chi connectivity index (χ3v) is 6.71. The highest BCUT2D eigenvalue weighted by atomic mass is 16.3. The first-order chi connectivity index (χ1) is 16.3. The molecule has 4 heterocycles. The summed E-state index contributed by atoms with van der Waals surface area (Å²) in [5.74, 6) is 1.85. The molecule has 1 aliphatic carbocycles. The largest absolute Gasteiger partial charge is 0.390 e. The fourth-order valence-electron chi connectivity index (χ4n) is 4.84. The summed E-state index contributed by atoms with van der Waals surface area (Å²) in [5, 5.41) is 17.0. The minimum atomic E-state index is -0.280. The van der Waals surface area contributed by atoms with E-state index < -0.39 is 0 Å². The first-order valence-electron chi connectivity index (χ1n) is 12.2. The number of pyridine rings is 1. The second-order valence-electron chi connectivity index (χ2n) is 9.39. The molecule has 0 aliphatic heterocycles. The molecule has 9 nitrogen and oxygen atoms in total. The van der Waals surface area contributed by atoms with Gasteiger partial charge in [-0.3, -0.25) is 0 Å². The van der Waals surface area contributed by atoms with Gasteiger partial charge in [0.05, 0.1) is 11.3 Å². The molecule has 0 atom stereocenters. The number of nitrogen functional groups attached to an aromatic ring is 1. The minimum Gasteiger partial charge on any atom is -0.390 e. The lowest BCUT2D eigenvalue weighted by molar-refractivity contribution is 0.000671. The van der Waals surface area contributed by atoms with Crippen LogP contribution in [0.25, 0.3) is 27.9 Å². The maximum Gasteiger partial charge on any atom is 0.240 e. The first-order valence-corrected chi connectivity index (χ1v) is 12.2. The molecule has 1 saturated carbocycles. The van der Waals surface area contributed by atoms with E-state index in [1.807, 2.05) is 38.4 Å². The van der Waals surface area contributed by atoms with Crippen molar-refractivity contribution in [1.82, 2.24) is 29.1 Å². The maximum atomic E-state index is 9.68. The summed E-state index contributed by atoms with van der Waals surface area (Å²) in [6, 6.07) is 6.24. The van der Waals surface area contributed by atoms with E-state index >= 15 is 0 Å².